The fourth-order valence-electron chi connectivity index (χ4n) is 3.66. The molecule has 1 fully saturated rings. The molecule has 132 valence electrons. The average Bonchev–Trinajstić information content (AvgIpc) is 3.10. The standard InChI is InChI=1S/C20H24FN3O/c21-16-6-7-19-17(12-16)18(4-3-11-25-19)22-13-15-5-8-20(23-14-15)24-9-1-2-10-24/h5-8,12,14,18,22H,1-4,9-11,13H2. The van der Waals surface area contributed by atoms with Crippen LogP contribution in [-0.2, 0) is 6.54 Å². The summed E-state index contributed by atoms with van der Waals surface area (Å²) in [6.07, 6.45) is 6.35. The highest BCUT2D eigenvalue weighted by Gasteiger charge is 2.20. The maximum absolute atomic E-state index is 13.7. The van der Waals surface area contributed by atoms with Gasteiger partial charge in [-0.05, 0) is 55.5 Å². The Hall–Kier alpha value is -2.14. The molecule has 0 amide bonds. The average molecular weight is 341 g/mol. The number of anilines is 1. The van der Waals surface area contributed by atoms with E-state index >= 15 is 0 Å². The lowest BCUT2D eigenvalue weighted by atomic mass is 10.0. The maximum atomic E-state index is 13.7. The number of benzene rings is 1. The molecule has 1 aromatic heterocycles. The van der Waals surface area contributed by atoms with Gasteiger partial charge < -0.3 is 15.0 Å². The van der Waals surface area contributed by atoms with E-state index in [1.165, 1.54) is 18.9 Å². The van der Waals surface area contributed by atoms with E-state index in [9.17, 15) is 4.39 Å². The fourth-order valence-corrected chi connectivity index (χ4v) is 3.66. The third kappa shape index (κ3) is 3.76. The number of nitrogens with zero attached hydrogens (tertiary/aromatic N) is 2. The van der Waals surface area contributed by atoms with Gasteiger partial charge in [-0.15, -0.1) is 0 Å². The zero-order valence-corrected chi connectivity index (χ0v) is 14.4. The van der Waals surface area contributed by atoms with Crippen LogP contribution in [0.5, 0.6) is 5.75 Å². The fraction of sp³-hybridized carbons (Fsp3) is 0.450. The van der Waals surface area contributed by atoms with Crippen molar-refractivity contribution in [3.8, 4) is 5.75 Å². The van der Waals surface area contributed by atoms with E-state index in [1.54, 1.807) is 12.1 Å². The molecule has 0 spiro atoms. The SMILES string of the molecule is Fc1ccc2c(c1)C(NCc1ccc(N3CCCC3)nc1)CCCO2. The Kier molecular flexibility index (Phi) is 4.83. The first-order valence-corrected chi connectivity index (χ1v) is 9.15. The van der Waals surface area contributed by atoms with Crippen molar-refractivity contribution in [2.24, 2.45) is 0 Å². The van der Waals surface area contributed by atoms with Crippen molar-refractivity contribution in [2.75, 3.05) is 24.6 Å². The van der Waals surface area contributed by atoms with Crippen molar-refractivity contribution in [2.45, 2.75) is 38.3 Å². The summed E-state index contributed by atoms with van der Waals surface area (Å²) in [5.41, 5.74) is 2.06. The van der Waals surface area contributed by atoms with Gasteiger partial charge in [0.15, 0.2) is 0 Å². The van der Waals surface area contributed by atoms with E-state index in [-0.39, 0.29) is 11.9 Å². The predicted octanol–water partition coefficient (Wildman–Crippen LogP) is 3.82. The van der Waals surface area contributed by atoms with E-state index in [0.29, 0.717) is 13.2 Å². The smallest absolute Gasteiger partial charge is 0.128 e. The Bertz CT molecular complexity index is 713. The van der Waals surface area contributed by atoms with Crippen LogP contribution in [0, 0.1) is 5.82 Å². The van der Waals surface area contributed by atoms with E-state index in [2.05, 4.69) is 27.3 Å². The van der Waals surface area contributed by atoms with Crippen molar-refractivity contribution in [1.29, 1.82) is 0 Å². The highest BCUT2D eigenvalue weighted by molar-refractivity contribution is 5.40. The van der Waals surface area contributed by atoms with E-state index < -0.39 is 0 Å². The number of halogens is 1. The van der Waals surface area contributed by atoms with Crippen molar-refractivity contribution < 1.29 is 9.13 Å². The number of hydrogen-bond acceptors (Lipinski definition) is 4. The van der Waals surface area contributed by atoms with Crippen molar-refractivity contribution in [1.82, 2.24) is 10.3 Å². The Morgan fingerprint density at radius 3 is 2.84 bits per heavy atom. The molecule has 2 aliphatic heterocycles. The minimum Gasteiger partial charge on any atom is -0.493 e. The quantitative estimate of drug-likeness (QED) is 0.917. The van der Waals surface area contributed by atoms with Crippen LogP contribution in [0.15, 0.2) is 36.5 Å². The molecule has 2 aliphatic rings. The number of nitrogens with one attached hydrogen (secondary N) is 1. The molecule has 3 heterocycles. The minimum atomic E-state index is -0.215. The maximum Gasteiger partial charge on any atom is 0.128 e. The molecule has 5 heteroatoms. The zero-order valence-electron chi connectivity index (χ0n) is 14.4. The highest BCUT2D eigenvalue weighted by Crippen LogP contribution is 2.32. The first-order valence-electron chi connectivity index (χ1n) is 9.15. The Morgan fingerprint density at radius 1 is 1.16 bits per heavy atom. The Balaban J connectivity index is 1.43. The number of pyridine rings is 1. The lowest BCUT2D eigenvalue weighted by Crippen LogP contribution is -2.21. The molecule has 1 N–H and O–H groups in total. The highest BCUT2D eigenvalue weighted by atomic mass is 19.1. The molecule has 0 saturated carbocycles. The Morgan fingerprint density at radius 2 is 2.04 bits per heavy atom. The summed E-state index contributed by atoms with van der Waals surface area (Å²) in [6.45, 7) is 3.61. The van der Waals surface area contributed by atoms with Gasteiger partial charge in [-0.3, -0.25) is 0 Å². The van der Waals surface area contributed by atoms with Gasteiger partial charge in [0.05, 0.1) is 6.61 Å². The van der Waals surface area contributed by atoms with Crippen LogP contribution >= 0.6 is 0 Å². The second-order valence-electron chi connectivity index (χ2n) is 6.83. The predicted molar refractivity (Wildman–Crippen MR) is 96.4 cm³/mol. The van der Waals surface area contributed by atoms with Gasteiger partial charge in [0.1, 0.15) is 17.4 Å². The molecule has 1 aromatic carbocycles. The van der Waals surface area contributed by atoms with Gasteiger partial charge in [0, 0.05) is 37.4 Å². The molecule has 1 unspecified atom stereocenters. The summed E-state index contributed by atoms with van der Waals surface area (Å²) in [7, 11) is 0. The van der Waals surface area contributed by atoms with Crippen LogP contribution in [0.3, 0.4) is 0 Å². The third-order valence-electron chi connectivity index (χ3n) is 5.03. The number of ether oxygens (including phenoxy) is 1. The van der Waals surface area contributed by atoms with Gasteiger partial charge in [-0.2, -0.15) is 0 Å². The van der Waals surface area contributed by atoms with Gasteiger partial charge >= 0.3 is 0 Å². The van der Waals surface area contributed by atoms with Gasteiger partial charge in [-0.1, -0.05) is 6.07 Å². The monoisotopic (exact) mass is 341 g/mol. The largest absolute Gasteiger partial charge is 0.493 e. The summed E-state index contributed by atoms with van der Waals surface area (Å²) in [6, 6.07) is 9.12. The minimum absolute atomic E-state index is 0.103. The molecular formula is C20H24FN3O. The molecule has 4 rings (SSSR count). The summed E-state index contributed by atoms with van der Waals surface area (Å²) >= 11 is 0. The molecule has 25 heavy (non-hydrogen) atoms. The first-order chi connectivity index (χ1) is 12.3. The topological polar surface area (TPSA) is 37.4 Å². The van der Waals surface area contributed by atoms with Crippen LogP contribution in [-0.4, -0.2) is 24.7 Å². The molecule has 1 atom stereocenters. The van der Waals surface area contributed by atoms with Crippen molar-refractivity contribution in [3.63, 3.8) is 0 Å². The first kappa shape index (κ1) is 16.3. The van der Waals surface area contributed by atoms with Gasteiger partial charge in [-0.25, -0.2) is 9.37 Å². The zero-order chi connectivity index (χ0) is 17.1. The van der Waals surface area contributed by atoms with Crippen LogP contribution in [0.2, 0.25) is 0 Å². The summed E-state index contributed by atoms with van der Waals surface area (Å²) in [5, 5.41) is 3.55. The number of fused-ring (bicyclic) bond motifs is 1. The Labute approximate surface area is 148 Å². The van der Waals surface area contributed by atoms with Crippen molar-refractivity contribution in [3.05, 3.63) is 53.5 Å². The number of aromatic nitrogens is 1. The van der Waals surface area contributed by atoms with Crippen LogP contribution in [0.4, 0.5) is 10.2 Å². The van der Waals surface area contributed by atoms with E-state index in [1.807, 2.05) is 6.20 Å². The normalized spacial score (nSPS) is 20.0. The molecule has 1 saturated heterocycles. The van der Waals surface area contributed by atoms with Crippen molar-refractivity contribution >= 4 is 5.82 Å². The number of hydrogen-bond donors (Lipinski definition) is 1. The van der Waals surface area contributed by atoms with Gasteiger partial charge in [0.2, 0.25) is 0 Å². The molecular weight excluding hydrogens is 317 g/mol. The summed E-state index contributed by atoms with van der Waals surface area (Å²) in [5.74, 6) is 1.64. The molecule has 0 radical (unpaired) electrons. The van der Waals surface area contributed by atoms with E-state index in [4.69, 9.17) is 4.74 Å². The molecule has 4 nitrogen and oxygen atoms in total. The van der Waals surface area contributed by atoms with Crippen LogP contribution in [0.1, 0.15) is 42.9 Å². The van der Waals surface area contributed by atoms with Crippen LogP contribution < -0.4 is 15.0 Å². The summed E-state index contributed by atoms with van der Waals surface area (Å²) in [4.78, 5) is 6.93. The van der Waals surface area contributed by atoms with E-state index in [0.717, 1.165) is 48.6 Å². The third-order valence-corrected chi connectivity index (χ3v) is 5.03. The van der Waals surface area contributed by atoms with Gasteiger partial charge in [0.25, 0.3) is 0 Å². The molecule has 2 aromatic rings. The second-order valence-corrected chi connectivity index (χ2v) is 6.83. The number of rotatable bonds is 4. The molecule has 0 aliphatic carbocycles. The summed E-state index contributed by atoms with van der Waals surface area (Å²) < 4.78 is 19.4. The molecule has 0 bridgehead atoms. The second kappa shape index (κ2) is 7.40. The lowest BCUT2D eigenvalue weighted by molar-refractivity contribution is 0.315. The van der Waals surface area contributed by atoms with Crippen LogP contribution in [0.25, 0.3) is 0 Å². The lowest BCUT2D eigenvalue weighted by Gasteiger charge is -2.19.